The van der Waals surface area contributed by atoms with Crippen LogP contribution < -0.4 is 4.90 Å². The van der Waals surface area contributed by atoms with Gasteiger partial charge in [-0.15, -0.1) is 0 Å². The predicted molar refractivity (Wildman–Crippen MR) is 273 cm³/mol. The molecule has 0 heterocycles. The largest absolute Gasteiger partial charge is 0.334 e. The van der Waals surface area contributed by atoms with E-state index in [0.717, 1.165) is 38.5 Å². The number of allylic oxidation sites excluding steroid dienone is 14. The molecule has 3 atom stereocenters. The van der Waals surface area contributed by atoms with Crippen LogP contribution in [0.3, 0.4) is 0 Å². The van der Waals surface area contributed by atoms with Crippen LogP contribution in [0.2, 0.25) is 0 Å². The minimum atomic E-state index is 0.248. The van der Waals surface area contributed by atoms with Gasteiger partial charge in [-0.05, 0) is 151 Å². The molecule has 0 spiro atoms. The van der Waals surface area contributed by atoms with Crippen molar-refractivity contribution in [3.63, 3.8) is 0 Å². The predicted octanol–water partition coefficient (Wildman–Crippen LogP) is 16.3. The first-order chi connectivity index (χ1) is 31.7. The molecule has 0 saturated carbocycles. The van der Waals surface area contributed by atoms with E-state index in [1.807, 2.05) is 0 Å². The van der Waals surface area contributed by atoms with Crippen LogP contribution in [0.1, 0.15) is 48.8 Å². The van der Waals surface area contributed by atoms with Crippen molar-refractivity contribution >= 4 is 49.7 Å². The van der Waals surface area contributed by atoms with Gasteiger partial charge in [-0.1, -0.05) is 194 Å². The monoisotopic (exact) mass is 821 g/mol. The van der Waals surface area contributed by atoms with Crippen LogP contribution in [0.4, 0.5) is 5.69 Å². The van der Waals surface area contributed by atoms with Gasteiger partial charge in [0.25, 0.3) is 0 Å². The number of nitrogens with zero attached hydrogens (tertiary/aromatic N) is 1. The third-order valence-electron chi connectivity index (χ3n) is 14.4. The van der Waals surface area contributed by atoms with Gasteiger partial charge in [0.15, 0.2) is 0 Å². The fraction of sp³-hybridized carbons (Fsp3) is 0.143. The van der Waals surface area contributed by atoms with Crippen molar-refractivity contribution in [1.82, 2.24) is 0 Å². The highest BCUT2D eigenvalue weighted by molar-refractivity contribution is 6.25. The molecule has 0 radical (unpaired) electrons. The fourth-order valence-electron chi connectivity index (χ4n) is 11.3. The Hall–Kier alpha value is -7.22. The highest BCUT2D eigenvalue weighted by Crippen LogP contribution is 2.49. The average molecular weight is 822 g/mol. The van der Waals surface area contributed by atoms with Crippen LogP contribution >= 0.6 is 0 Å². The van der Waals surface area contributed by atoms with Gasteiger partial charge in [-0.25, -0.2) is 0 Å². The summed E-state index contributed by atoms with van der Waals surface area (Å²) in [4.78, 5) is 2.60. The molecule has 0 fully saturated rings. The summed E-state index contributed by atoms with van der Waals surface area (Å²) in [5.74, 6) is 0.888. The Morgan fingerprint density at radius 2 is 1.16 bits per heavy atom. The normalized spacial score (nSPS) is 20.2. The molecule has 0 bridgehead atoms. The zero-order valence-electron chi connectivity index (χ0n) is 36.2. The molecule has 0 N–H and O–H groups in total. The zero-order chi connectivity index (χ0) is 42.4. The first kappa shape index (κ1) is 38.5. The highest BCUT2D eigenvalue weighted by Gasteiger charge is 2.37. The maximum absolute atomic E-state index is 2.60. The first-order valence-corrected chi connectivity index (χ1v) is 23.3. The molecule has 0 amide bonds. The second kappa shape index (κ2) is 16.5. The van der Waals surface area contributed by atoms with Crippen molar-refractivity contribution in [3.05, 3.63) is 257 Å². The van der Waals surface area contributed by atoms with E-state index in [-0.39, 0.29) is 6.04 Å². The van der Waals surface area contributed by atoms with Crippen molar-refractivity contribution < 1.29 is 0 Å². The Balaban J connectivity index is 0.828. The molecule has 3 unspecified atom stereocenters. The second-order valence-electron chi connectivity index (χ2n) is 18.1. The van der Waals surface area contributed by atoms with E-state index in [2.05, 4.69) is 223 Å². The van der Waals surface area contributed by atoms with Crippen LogP contribution in [-0.4, -0.2) is 6.04 Å². The van der Waals surface area contributed by atoms with E-state index in [4.69, 9.17) is 0 Å². The van der Waals surface area contributed by atoms with Crippen LogP contribution in [0.5, 0.6) is 0 Å². The lowest BCUT2D eigenvalue weighted by atomic mass is 9.65. The molecule has 5 aliphatic rings. The third kappa shape index (κ3) is 6.97. The minimum Gasteiger partial charge on any atom is -0.334 e. The Bertz CT molecular complexity index is 3210. The van der Waals surface area contributed by atoms with Crippen LogP contribution in [0.15, 0.2) is 240 Å². The summed E-state index contributed by atoms with van der Waals surface area (Å²) in [5.41, 5.74) is 16.4. The maximum atomic E-state index is 2.60. The van der Waals surface area contributed by atoms with Crippen LogP contribution in [0.25, 0.3) is 55.1 Å². The molecule has 1 nitrogen and oxygen atoms in total. The van der Waals surface area contributed by atoms with Gasteiger partial charge in [0, 0.05) is 23.2 Å². The Kier molecular flexibility index (Phi) is 9.90. The fourth-order valence-corrected chi connectivity index (χ4v) is 11.3. The highest BCUT2D eigenvalue weighted by atomic mass is 15.2. The lowest BCUT2D eigenvalue weighted by molar-refractivity contribution is 0.570. The summed E-state index contributed by atoms with van der Waals surface area (Å²) in [6.07, 6.45) is 35.0. The number of anilines is 1. The summed E-state index contributed by atoms with van der Waals surface area (Å²) >= 11 is 0. The molecule has 308 valence electrons. The van der Waals surface area contributed by atoms with E-state index >= 15 is 0 Å². The van der Waals surface area contributed by atoms with Gasteiger partial charge in [-0.3, -0.25) is 0 Å². The minimum absolute atomic E-state index is 0.248. The molecular formula is C63H51N. The molecule has 1 heteroatoms. The smallest absolute Gasteiger partial charge is 0.0565 e. The number of benzene rings is 7. The summed E-state index contributed by atoms with van der Waals surface area (Å²) < 4.78 is 0. The van der Waals surface area contributed by atoms with E-state index in [9.17, 15) is 0 Å². The van der Waals surface area contributed by atoms with E-state index in [0.29, 0.717) is 11.8 Å². The SMILES string of the molecule is C1=CC2C3=C(CCC=C3)C3=C(C=CC(N(C4=CCCC=C4)c4ccc(-c5ccc(CC(=Cc6ccc7c8ccccc8c8ccccc8c7c6)c6ccccc6)cc5)cc4)C3)C2C=C1. The number of rotatable bonds is 8. The standard InChI is InChI=1S/C63H51N/c1-3-15-45(16-4-1)48(40-44-29-37-60-56-23-9-7-19-52(56)54-21-11-13-25-58(54)62(60)41-44)39-43-27-30-46(31-28-43)47-32-34-50(35-33-47)64(49-17-5-2-6-18-49)51-36-38-61-57-24-10-8-20-53(57)55-22-12-14-26-59(55)63(61)42-51/h1,3-5,7-13,15-25,27-38,40-41,51,53,57H,2,6,14,26,39,42H2. The molecule has 64 heavy (non-hydrogen) atoms. The van der Waals surface area contributed by atoms with E-state index in [1.165, 1.54) is 82.7 Å². The molecule has 5 aliphatic carbocycles. The molecular weight excluding hydrogens is 771 g/mol. The van der Waals surface area contributed by atoms with Crippen LogP contribution in [0, 0.1) is 11.8 Å². The van der Waals surface area contributed by atoms with E-state index in [1.54, 1.807) is 16.7 Å². The van der Waals surface area contributed by atoms with Crippen molar-refractivity contribution in [1.29, 1.82) is 0 Å². The van der Waals surface area contributed by atoms with Gasteiger partial charge in [0.1, 0.15) is 0 Å². The number of hydrogen-bond acceptors (Lipinski definition) is 1. The maximum Gasteiger partial charge on any atom is 0.0565 e. The zero-order valence-corrected chi connectivity index (χ0v) is 36.2. The van der Waals surface area contributed by atoms with E-state index < -0.39 is 0 Å². The average Bonchev–Trinajstić information content (AvgIpc) is 3.37. The second-order valence-corrected chi connectivity index (χ2v) is 18.1. The van der Waals surface area contributed by atoms with Gasteiger partial charge in [-0.2, -0.15) is 0 Å². The van der Waals surface area contributed by atoms with Gasteiger partial charge in [0.2, 0.25) is 0 Å². The topological polar surface area (TPSA) is 3.24 Å². The van der Waals surface area contributed by atoms with Crippen molar-refractivity contribution in [3.8, 4) is 11.1 Å². The first-order valence-electron chi connectivity index (χ1n) is 23.3. The molecule has 0 aromatic heterocycles. The molecule has 12 rings (SSSR count). The number of fused-ring (bicyclic) bond motifs is 10. The summed E-state index contributed by atoms with van der Waals surface area (Å²) in [5, 5.41) is 7.82. The van der Waals surface area contributed by atoms with Crippen LogP contribution in [-0.2, 0) is 6.42 Å². The third-order valence-corrected chi connectivity index (χ3v) is 14.4. The Labute approximate surface area is 377 Å². The quantitative estimate of drug-likeness (QED) is 0.109. The Morgan fingerprint density at radius 3 is 1.84 bits per heavy atom. The molecule has 0 aliphatic heterocycles. The van der Waals surface area contributed by atoms with Crippen molar-refractivity contribution in [2.75, 3.05) is 4.90 Å². The Morgan fingerprint density at radius 1 is 0.531 bits per heavy atom. The van der Waals surface area contributed by atoms with Gasteiger partial charge < -0.3 is 4.90 Å². The molecule has 0 saturated heterocycles. The lowest BCUT2D eigenvalue weighted by Gasteiger charge is -2.42. The summed E-state index contributed by atoms with van der Waals surface area (Å²) in [6, 6.07) is 54.3. The molecule has 7 aromatic rings. The summed E-state index contributed by atoms with van der Waals surface area (Å²) in [7, 11) is 0. The lowest BCUT2D eigenvalue weighted by Crippen LogP contribution is -2.37. The molecule has 7 aromatic carbocycles. The van der Waals surface area contributed by atoms with Crippen molar-refractivity contribution in [2.45, 2.75) is 44.6 Å². The number of hydrogen-bond donors (Lipinski definition) is 0. The van der Waals surface area contributed by atoms with Gasteiger partial charge in [0.05, 0.1) is 6.04 Å². The summed E-state index contributed by atoms with van der Waals surface area (Å²) in [6.45, 7) is 0. The van der Waals surface area contributed by atoms with Crippen molar-refractivity contribution in [2.24, 2.45) is 11.8 Å². The van der Waals surface area contributed by atoms with Gasteiger partial charge >= 0.3 is 0 Å².